The zero-order valence-electron chi connectivity index (χ0n) is 43.1. The van der Waals surface area contributed by atoms with Crippen LogP contribution in [0.3, 0.4) is 0 Å². The van der Waals surface area contributed by atoms with Gasteiger partial charge in [0.2, 0.25) is 0 Å². The van der Waals surface area contributed by atoms with E-state index in [1.807, 2.05) is 135 Å². The lowest BCUT2D eigenvalue weighted by Crippen LogP contribution is -2.17. The van der Waals surface area contributed by atoms with Gasteiger partial charge in [-0.15, -0.1) is 0 Å². The maximum Gasteiger partial charge on any atom is 0.338 e. The SMILES string of the molecule is CCOc1ccc(COC(=O)c2ccc(COc3ccc(C=O)cc3Cl)cc2)cc1.CCOc1ccc(COC(=O)c2ccc(COc3ccc(CNCCc4ccccn4)cc3Cl)cc2)cc1.NCCc1ccccn1. The lowest BCUT2D eigenvalue weighted by molar-refractivity contribution is 0.0464. The molecule has 0 atom stereocenters. The fourth-order valence-corrected chi connectivity index (χ4v) is 7.63. The Morgan fingerprint density at radius 1 is 0.519 bits per heavy atom. The Balaban J connectivity index is 0.000000218. The van der Waals surface area contributed by atoms with E-state index in [2.05, 4.69) is 15.3 Å². The number of hydrogen-bond acceptors (Lipinski definition) is 13. The molecule has 13 nitrogen and oxygen atoms in total. The first-order valence-corrected chi connectivity index (χ1v) is 25.8. The summed E-state index contributed by atoms with van der Waals surface area (Å²) < 4.78 is 33.2. The van der Waals surface area contributed by atoms with Gasteiger partial charge in [-0.1, -0.05) is 89.9 Å². The van der Waals surface area contributed by atoms with Crippen LogP contribution in [0.2, 0.25) is 10.0 Å². The summed E-state index contributed by atoms with van der Waals surface area (Å²) in [6.07, 6.45) is 6.06. The Morgan fingerprint density at radius 2 is 0.961 bits per heavy atom. The van der Waals surface area contributed by atoms with Crippen LogP contribution in [0.4, 0.5) is 0 Å². The second-order valence-electron chi connectivity index (χ2n) is 17.0. The van der Waals surface area contributed by atoms with E-state index in [0.717, 1.165) is 76.4 Å². The first-order valence-electron chi connectivity index (χ1n) is 25.1. The first kappa shape index (κ1) is 58.2. The molecule has 0 radical (unpaired) electrons. The number of pyridine rings is 2. The molecule has 15 heteroatoms. The zero-order chi connectivity index (χ0) is 54.5. The van der Waals surface area contributed by atoms with Crippen LogP contribution in [0, 0.1) is 0 Å². The summed E-state index contributed by atoms with van der Waals surface area (Å²) in [5, 5.41) is 4.34. The van der Waals surface area contributed by atoms with E-state index in [1.54, 1.807) is 60.8 Å². The van der Waals surface area contributed by atoms with E-state index < -0.39 is 5.97 Å². The van der Waals surface area contributed by atoms with Crippen LogP contribution in [0.25, 0.3) is 0 Å². The highest BCUT2D eigenvalue weighted by Crippen LogP contribution is 2.28. The van der Waals surface area contributed by atoms with E-state index in [9.17, 15) is 14.4 Å². The van der Waals surface area contributed by atoms with Crippen molar-refractivity contribution >= 4 is 41.4 Å². The molecule has 0 bridgehead atoms. The molecule has 0 aliphatic rings. The topological polar surface area (TPSA) is 170 Å². The minimum Gasteiger partial charge on any atom is -0.494 e. The number of aldehydes is 1. The molecule has 8 aromatic rings. The highest BCUT2D eigenvalue weighted by atomic mass is 35.5. The van der Waals surface area contributed by atoms with E-state index in [0.29, 0.717) is 71.1 Å². The van der Waals surface area contributed by atoms with Gasteiger partial charge in [-0.2, -0.15) is 0 Å². The summed E-state index contributed by atoms with van der Waals surface area (Å²) in [5.74, 6) is 1.90. The number of nitrogens with zero attached hydrogens (tertiary/aromatic N) is 2. The van der Waals surface area contributed by atoms with Crippen LogP contribution in [-0.2, 0) is 55.3 Å². The predicted octanol–water partition coefficient (Wildman–Crippen LogP) is 12.5. The minimum atomic E-state index is -0.399. The third kappa shape index (κ3) is 20.5. The Hall–Kier alpha value is -8.07. The Labute approximate surface area is 460 Å². The summed E-state index contributed by atoms with van der Waals surface area (Å²) in [6, 6.07) is 51.5. The van der Waals surface area contributed by atoms with E-state index in [4.69, 9.17) is 57.4 Å². The number of carbonyl (C=O) groups excluding carboxylic acids is 3. The predicted molar refractivity (Wildman–Crippen MR) is 300 cm³/mol. The van der Waals surface area contributed by atoms with Crippen LogP contribution >= 0.6 is 23.2 Å². The van der Waals surface area contributed by atoms with Gasteiger partial charge in [0.05, 0.1) is 34.4 Å². The minimum absolute atomic E-state index is 0.186. The molecule has 0 amide bonds. The van der Waals surface area contributed by atoms with E-state index in [1.165, 1.54) is 0 Å². The largest absolute Gasteiger partial charge is 0.494 e. The molecule has 0 saturated heterocycles. The number of nitrogens with two attached hydrogens (primary N) is 1. The van der Waals surface area contributed by atoms with Crippen molar-refractivity contribution in [1.29, 1.82) is 0 Å². The van der Waals surface area contributed by atoms with Gasteiger partial charge < -0.3 is 39.5 Å². The molecule has 398 valence electrons. The number of aromatic nitrogens is 2. The number of halogens is 2. The molecule has 0 unspecified atom stereocenters. The summed E-state index contributed by atoms with van der Waals surface area (Å²) in [6.45, 7) is 8.30. The molecule has 77 heavy (non-hydrogen) atoms. The number of nitrogens with one attached hydrogen (secondary N) is 1. The number of carbonyl (C=O) groups is 3. The fourth-order valence-electron chi connectivity index (χ4n) is 7.13. The van der Waals surface area contributed by atoms with Crippen molar-refractivity contribution in [3.05, 3.63) is 248 Å². The molecule has 0 saturated carbocycles. The molecular formula is C62H62Cl2N4O9. The number of hydrogen-bond donors (Lipinski definition) is 2. The molecule has 6 aromatic carbocycles. The summed E-state index contributed by atoms with van der Waals surface area (Å²) in [4.78, 5) is 43.9. The van der Waals surface area contributed by atoms with E-state index in [-0.39, 0.29) is 25.8 Å². The Bertz CT molecular complexity index is 3020. The van der Waals surface area contributed by atoms with Crippen LogP contribution in [0.15, 0.2) is 182 Å². The van der Waals surface area contributed by atoms with Gasteiger partial charge in [-0.05, 0) is 151 Å². The van der Waals surface area contributed by atoms with E-state index >= 15 is 0 Å². The molecule has 2 aromatic heterocycles. The molecular weight excluding hydrogens is 1020 g/mol. The summed E-state index contributed by atoms with van der Waals surface area (Å²) in [7, 11) is 0. The molecule has 3 N–H and O–H groups in total. The van der Waals surface area contributed by atoms with Gasteiger partial charge in [0.1, 0.15) is 55.7 Å². The molecule has 0 aliphatic carbocycles. The zero-order valence-corrected chi connectivity index (χ0v) is 44.6. The van der Waals surface area contributed by atoms with Crippen molar-refractivity contribution in [2.75, 3.05) is 26.3 Å². The number of benzene rings is 6. The van der Waals surface area contributed by atoms with Crippen molar-refractivity contribution in [3.63, 3.8) is 0 Å². The highest BCUT2D eigenvalue weighted by Gasteiger charge is 2.11. The normalized spacial score (nSPS) is 10.4. The quantitative estimate of drug-likeness (QED) is 0.0333. The Morgan fingerprint density at radius 3 is 1.39 bits per heavy atom. The molecule has 2 heterocycles. The molecule has 0 fully saturated rings. The van der Waals surface area contributed by atoms with Crippen LogP contribution < -0.4 is 30.0 Å². The number of esters is 2. The number of rotatable bonds is 24. The second-order valence-corrected chi connectivity index (χ2v) is 17.8. The van der Waals surface area contributed by atoms with Gasteiger partial charge in [0.25, 0.3) is 0 Å². The molecule has 0 aliphatic heterocycles. The van der Waals surface area contributed by atoms with Crippen LogP contribution in [0.5, 0.6) is 23.0 Å². The van der Waals surface area contributed by atoms with Gasteiger partial charge in [0.15, 0.2) is 0 Å². The third-order valence-corrected chi connectivity index (χ3v) is 11.8. The Kier molecular flexibility index (Phi) is 24.5. The average molecular weight is 1080 g/mol. The van der Waals surface area contributed by atoms with Crippen LogP contribution in [-0.4, -0.2) is 54.5 Å². The van der Waals surface area contributed by atoms with Gasteiger partial charge in [0, 0.05) is 55.3 Å². The maximum absolute atomic E-state index is 12.4. The van der Waals surface area contributed by atoms with Crippen molar-refractivity contribution in [2.45, 2.75) is 59.7 Å². The van der Waals surface area contributed by atoms with Gasteiger partial charge in [-0.3, -0.25) is 14.8 Å². The smallest absolute Gasteiger partial charge is 0.338 e. The monoisotopic (exact) mass is 1080 g/mol. The van der Waals surface area contributed by atoms with Crippen molar-refractivity contribution in [1.82, 2.24) is 15.3 Å². The maximum atomic E-state index is 12.4. The second kappa shape index (κ2) is 32.4. The molecule has 0 spiro atoms. The van der Waals surface area contributed by atoms with Gasteiger partial charge in [-0.25, -0.2) is 9.59 Å². The summed E-state index contributed by atoms with van der Waals surface area (Å²) >= 11 is 12.5. The standard InChI is InChI=1S/C31H31ClN2O4.C24H21ClO5.C7H10N2/c1-2-36-28-13-8-24(9-14-28)22-38-31(35)26-11-6-23(7-12-26)21-37-30-15-10-25(19-29(30)32)20-33-18-16-27-5-3-4-17-34-27;1-2-28-21-10-5-18(6-11-21)16-30-24(27)20-8-3-17(4-9-20)15-29-23-12-7-19(14-26)13-22(23)25;8-5-4-7-3-1-2-6-9-7/h3-15,17,19,33H,2,16,18,20-22H2,1H3;3-14H,2,15-16H2,1H3;1-3,6H,4-5,8H2. The molecule has 8 rings (SSSR count). The fraction of sp³-hybridized carbons (Fsp3) is 0.210. The van der Waals surface area contributed by atoms with Crippen LogP contribution in [0.1, 0.15) is 84.1 Å². The highest BCUT2D eigenvalue weighted by molar-refractivity contribution is 6.32. The lowest BCUT2D eigenvalue weighted by atomic mass is 10.1. The average Bonchev–Trinajstić information content (AvgIpc) is 3.46. The third-order valence-electron chi connectivity index (χ3n) is 11.2. The lowest BCUT2D eigenvalue weighted by Gasteiger charge is -2.11. The van der Waals surface area contributed by atoms with Crippen molar-refractivity contribution in [2.24, 2.45) is 5.73 Å². The number of ether oxygens (including phenoxy) is 6. The van der Waals surface area contributed by atoms with Gasteiger partial charge >= 0.3 is 11.9 Å². The summed E-state index contributed by atoms with van der Waals surface area (Å²) in [5.41, 5.74) is 13.5. The van der Waals surface area contributed by atoms with Crippen molar-refractivity contribution < 1.29 is 42.8 Å². The van der Waals surface area contributed by atoms with Crippen molar-refractivity contribution in [3.8, 4) is 23.0 Å². The first-order chi connectivity index (χ1) is 37.6.